The third kappa shape index (κ3) is 3.36. The van der Waals surface area contributed by atoms with E-state index in [9.17, 15) is 14.9 Å². The minimum absolute atomic E-state index is 0.0220. The number of imidazole rings is 1. The molecule has 1 N–H and O–H groups in total. The number of nitro groups is 1. The molecule has 122 valence electrons. The van der Waals surface area contributed by atoms with Crippen LogP contribution in [0, 0.1) is 17.0 Å². The summed E-state index contributed by atoms with van der Waals surface area (Å²) in [5, 5.41) is 13.5. The average molecular weight is 345 g/mol. The SMILES string of the molecule is Cc1ccn2cc(CC(=O)Nc3ccc(Cl)c([N+](=O)[O-])c3)nc2c1. The number of benzene rings is 1. The highest BCUT2D eigenvalue weighted by molar-refractivity contribution is 6.32. The number of carbonyl (C=O) groups excluding carboxylic acids is 1. The molecule has 0 saturated carbocycles. The lowest BCUT2D eigenvalue weighted by Gasteiger charge is -2.04. The Morgan fingerprint density at radius 2 is 2.17 bits per heavy atom. The van der Waals surface area contributed by atoms with Crippen LogP contribution in [0.5, 0.6) is 0 Å². The molecule has 0 saturated heterocycles. The van der Waals surface area contributed by atoms with Gasteiger partial charge in [0, 0.05) is 24.1 Å². The van der Waals surface area contributed by atoms with Crippen molar-refractivity contribution in [1.29, 1.82) is 0 Å². The molecule has 0 aliphatic carbocycles. The van der Waals surface area contributed by atoms with E-state index >= 15 is 0 Å². The summed E-state index contributed by atoms with van der Waals surface area (Å²) < 4.78 is 1.84. The first-order valence-electron chi connectivity index (χ1n) is 7.10. The van der Waals surface area contributed by atoms with E-state index in [1.54, 1.807) is 6.20 Å². The van der Waals surface area contributed by atoms with Crippen LogP contribution in [-0.4, -0.2) is 20.2 Å². The van der Waals surface area contributed by atoms with Gasteiger partial charge in [-0.05, 0) is 36.8 Å². The van der Waals surface area contributed by atoms with Crippen molar-refractivity contribution >= 4 is 34.5 Å². The first-order chi connectivity index (χ1) is 11.4. The second-order valence-electron chi connectivity index (χ2n) is 5.35. The van der Waals surface area contributed by atoms with E-state index < -0.39 is 4.92 Å². The summed E-state index contributed by atoms with van der Waals surface area (Å²) in [7, 11) is 0. The quantitative estimate of drug-likeness (QED) is 0.580. The summed E-state index contributed by atoms with van der Waals surface area (Å²) in [6.07, 6.45) is 3.72. The molecule has 1 amide bonds. The molecule has 0 atom stereocenters. The van der Waals surface area contributed by atoms with E-state index in [1.807, 2.05) is 29.7 Å². The summed E-state index contributed by atoms with van der Waals surface area (Å²) in [5.74, 6) is -0.313. The molecule has 1 aromatic carbocycles. The Morgan fingerprint density at radius 1 is 1.38 bits per heavy atom. The number of hydrogen-bond donors (Lipinski definition) is 1. The normalized spacial score (nSPS) is 10.8. The monoisotopic (exact) mass is 344 g/mol. The number of rotatable bonds is 4. The van der Waals surface area contributed by atoms with Crippen molar-refractivity contribution in [1.82, 2.24) is 9.38 Å². The maximum atomic E-state index is 12.1. The molecular formula is C16H13ClN4O3. The summed E-state index contributed by atoms with van der Waals surface area (Å²) in [6.45, 7) is 1.97. The smallest absolute Gasteiger partial charge is 0.289 e. The fourth-order valence-electron chi connectivity index (χ4n) is 2.32. The van der Waals surface area contributed by atoms with Gasteiger partial charge in [0.1, 0.15) is 10.7 Å². The second-order valence-corrected chi connectivity index (χ2v) is 5.76. The molecule has 0 aliphatic heterocycles. The second kappa shape index (κ2) is 6.29. The van der Waals surface area contributed by atoms with Crippen LogP contribution in [0.4, 0.5) is 11.4 Å². The van der Waals surface area contributed by atoms with E-state index in [1.165, 1.54) is 18.2 Å². The Labute approximate surface area is 142 Å². The van der Waals surface area contributed by atoms with E-state index in [0.717, 1.165) is 11.2 Å². The molecule has 0 aliphatic rings. The van der Waals surface area contributed by atoms with Crippen LogP contribution in [-0.2, 0) is 11.2 Å². The van der Waals surface area contributed by atoms with Crippen molar-refractivity contribution in [3.8, 4) is 0 Å². The third-order valence-electron chi connectivity index (χ3n) is 3.43. The Balaban J connectivity index is 1.75. The Morgan fingerprint density at radius 3 is 2.92 bits per heavy atom. The number of hydrogen-bond acceptors (Lipinski definition) is 4. The van der Waals surface area contributed by atoms with Gasteiger partial charge in [0.2, 0.25) is 5.91 Å². The Bertz CT molecular complexity index is 952. The van der Waals surface area contributed by atoms with Gasteiger partial charge in [-0.15, -0.1) is 0 Å². The van der Waals surface area contributed by atoms with Crippen LogP contribution in [0.2, 0.25) is 5.02 Å². The van der Waals surface area contributed by atoms with Crippen molar-refractivity contribution < 1.29 is 9.72 Å². The standard InChI is InChI=1S/C16H13ClN4O3/c1-10-4-5-20-9-12(18-15(20)6-10)8-16(22)19-11-2-3-13(17)14(7-11)21(23)24/h2-7,9H,8H2,1H3,(H,19,22). The van der Waals surface area contributed by atoms with Gasteiger partial charge in [-0.1, -0.05) is 11.6 Å². The Kier molecular flexibility index (Phi) is 4.18. The predicted molar refractivity (Wildman–Crippen MR) is 90.4 cm³/mol. The summed E-state index contributed by atoms with van der Waals surface area (Å²) in [4.78, 5) is 26.8. The molecule has 0 unspecified atom stereocenters. The van der Waals surface area contributed by atoms with Crippen LogP contribution >= 0.6 is 11.6 Å². The maximum absolute atomic E-state index is 12.1. The Hall–Kier alpha value is -2.93. The number of fused-ring (bicyclic) bond motifs is 1. The van der Waals surface area contributed by atoms with E-state index in [2.05, 4.69) is 10.3 Å². The fraction of sp³-hybridized carbons (Fsp3) is 0.125. The van der Waals surface area contributed by atoms with Crippen LogP contribution in [0.1, 0.15) is 11.3 Å². The summed E-state index contributed by atoms with van der Waals surface area (Å²) in [5.41, 5.74) is 2.52. The van der Waals surface area contributed by atoms with Gasteiger partial charge in [-0.3, -0.25) is 14.9 Å². The van der Waals surface area contributed by atoms with Crippen molar-refractivity contribution in [2.45, 2.75) is 13.3 Å². The van der Waals surface area contributed by atoms with Gasteiger partial charge in [-0.25, -0.2) is 4.98 Å². The minimum atomic E-state index is -0.595. The molecule has 3 aromatic rings. The number of carbonyl (C=O) groups is 1. The van der Waals surface area contributed by atoms with Crippen molar-refractivity contribution in [2.24, 2.45) is 0 Å². The number of aryl methyl sites for hydroxylation is 1. The lowest BCUT2D eigenvalue weighted by molar-refractivity contribution is -0.384. The molecule has 7 nitrogen and oxygen atoms in total. The highest BCUT2D eigenvalue weighted by atomic mass is 35.5. The van der Waals surface area contributed by atoms with Gasteiger partial charge < -0.3 is 9.72 Å². The highest BCUT2D eigenvalue weighted by Crippen LogP contribution is 2.27. The maximum Gasteiger partial charge on any atom is 0.289 e. The van der Waals surface area contributed by atoms with Gasteiger partial charge in [-0.2, -0.15) is 0 Å². The number of halogens is 1. The zero-order valence-electron chi connectivity index (χ0n) is 12.7. The number of nitrogens with zero attached hydrogens (tertiary/aromatic N) is 3. The first kappa shape index (κ1) is 15.9. The van der Waals surface area contributed by atoms with Gasteiger partial charge in [0.05, 0.1) is 17.0 Å². The van der Waals surface area contributed by atoms with Gasteiger partial charge in [0.15, 0.2) is 0 Å². The number of pyridine rings is 1. The first-order valence-corrected chi connectivity index (χ1v) is 7.48. The molecule has 0 spiro atoms. The lowest BCUT2D eigenvalue weighted by atomic mass is 10.2. The molecule has 0 radical (unpaired) electrons. The van der Waals surface area contributed by atoms with Gasteiger partial charge >= 0.3 is 0 Å². The molecule has 0 fully saturated rings. The van der Waals surface area contributed by atoms with Crippen LogP contribution in [0.3, 0.4) is 0 Å². The van der Waals surface area contributed by atoms with Crippen LogP contribution in [0.15, 0.2) is 42.7 Å². The number of aromatic nitrogens is 2. The van der Waals surface area contributed by atoms with Crippen molar-refractivity contribution in [3.63, 3.8) is 0 Å². The molecule has 8 heteroatoms. The molecule has 2 aromatic heterocycles. The van der Waals surface area contributed by atoms with Gasteiger partial charge in [0.25, 0.3) is 5.69 Å². The third-order valence-corrected chi connectivity index (χ3v) is 3.75. The summed E-state index contributed by atoms with van der Waals surface area (Å²) >= 11 is 5.75. The zero-order chi connectivity index (χ0) is 17.3. The minimum Gasteiger partial charge on any atom is -0.325 e. The van der Waals surface area contributed by atoms with E-state index in [0.29, 0.717) is 11.4 Å². The van der Waals surface area contributed by atoms with E-state index in [-0.39, 0.29) is 23.0 Å². The number of nitrogens with one attached hydrogen (secondary N) is 1. The largest absolute Gasteiger partial charge is 0.325 e. The average Bonchev–Trinajstić information content (AvgIpc) is 2.90. The number of anilines is 1. The highest BCUT2D eigenvalue weighted by Gasteiger charge is 2.14. The van der Waals surface area contributed by atoms with Crippen LogP contribution in [0.25, 0.3) is 5.65 Å². The molecule has 24 heavy (non-hydrogen) atoms. The van der Waals surface area contributed by atoms with Crippen molar-refractivity contribution in [2.75, 3.05) is 5.32 Å². The molecular weight excluding hydrogens is 332 g/mol. The van der Waals surface area contributed by atoms with Crippen LogP contribution < -0.4 is 5.32 Å². The van der Waals surface area contributed by atoms with E-state index in [4.69, 9.17) is 11.6 Å². The fourth-order valence-corrected chi connectivity index (χ4v) is 2.51. The summed E-state index contributed by atoms with van der Waals surface area (Å²) in [6, 6.07) is 7.99. The zero-order valence-corrected chi connectivity index (χ0v) is 13.4. The lowest BCUT2D eigenvalue weighted by Crippen LogP contribution is -2.14. The molecule has 2 heterocycles. The van der Waals surface area contributed by atoms with Crippen molar-refractivity contribution in [3.05, 3.63) is 69.1 Å². The predicted octanol–water partition coefficient (Wildman–Crippen LogP) is 3.39. The topological polar surface area (TPSA) is 89.5 Å². The molecule has 0 bridgehead atoms. The molecule has 3 rings (SSSR count). The number of amides is 1. The number of nitro benzene ring substituents is 1.